The molecule has 0 saturated heterocycles. The summed E-state index contributed by atoms with van der Waals surface area (Å²) < 4.78 is 1.95. The molecule has 0 radical (unpaired) electrons. The summed E-state index contributed by atoms with van der Waals surface area (Å²) in [6.45, 7) is 10.8. The van der Waals surface area contributed by atoms with Crippen LogP contribution in [0.3, 0.4) is 0 Å². The number of halogens is 1. The van der Waals surface area contributed by atoms with Crippen LogP contribution < -0.4 is 5.32 Å². The van der Waals surface area contributed by atoms with E-state index in [1.165, 1.54) is 5.69 Å². The van der Waals surface area contributed by atoms with E-state index < -0.39 is 0 Å². The van der Waals surface area contributed by atoms with Crippen LogP contribution in [0.4, 0.5) is 0 Å². The molecule has 3 nitrogen and oxygen atoms in total. The summed E-state index contributed by atoms with van der Waals surface area (Å²) in [4.78, 5) is 0. The third-order valence-corrected chi connectivity index (χ3v) is 3.99. The highest BCUT2D eigenvalue weighted by molar-refractivity contribution is 6.31. The van der Waals surface area contributed by atoms with Crippen molar-refractivity contribution >= 4 is 11.6 Å². The topological polar surface area (TPSA) is 29.9 Å². The van der Waals surface area contributed by atoms with E-state index in [1.807, 2.05) is 11.7 Å². The van der Waals surface area contributed by atoms with E-state index in [2.05, 4.69) is 38.1 Å². The molecule has 18 heavy (non-hydrogen) atoms. The van der Waals surface area contributed by atoms with E-state index in [0.29, 0.717) is 11.8 Å². The standard InChI is InChI=1S/C14H26ClN3/c1-6-12-14(15)13(18(5)17-12)8-11(10(3)4)9-16-7-2/h10-11,16H,6-9H2,1-5H3. The molecule has 0 aliphatic carbocycles. The minimum absolute atomic E-state index is 0.600. The van der Waals surface area contributed by atoms with Gasteiger partial charge in [0.2, 0.25) is 0 Å². The molecule has 4 heteroatoms. The second-order valence-corrected chi connectivity index (χ2v) is 5.58. The molecule has 104 valence electrons. The second kappa shape index (κ2) is 7.15. The van der Waals surface area contributed by atoms with Gasteiger partial charge >= 0.3 is 0 Å². The van der Waals surface area contributed by atoms with Gasteiger partial charge in [-0.05, 0) is 37.8 Å². The number of hydrogen-bond donors (Lipinski definition) is 1. The Morgan fingerprint density at radius 3 is 2.44 bits per heavy atom. The van der Waals surface area contributed by atoms with E-state index in [1.54, 1.807) is 0 Å². The van der Waals surface area contributed by atoms with Crippen LogP contribution in [0, 0.1) is 11.8 Å². The molecule has 1 rings (SSSR count). The molecule has 1 unspecified atom stereocenters. The lowest BCUT2D eigenvalue weighted by Crippen LogP contribution is -2.28. The Labute approximate surface area is 116 Å². The monoisotopic (exact) mass is 271 g/mol. The van der Waals surface area contributed by atoms with Gasteiger partial charge in [0.25, 0.3) is 0 Å². The summed E-state index contributed by atoms with van der Waals surface area (Å²) in [6.07, 6.45) is 1.89. The maximum absolute atomic E-state index is 6.41. The Morgan fingerprint density at radius 1 is 1.33 bits per heavy atom. The highest BCUT2D eigenvalue weighted by Crippen LogP contribution is 2.25. The van der Waals surface area contributed by atoms with Crippen LogP contribution in [0.25, 0.3) is 0 Å². The van der Waals surface area contributed by atoms with Crippen molar-refractivity contribution in [3.05, 3.63) is 16.4 Å². The van der Waals surface area contributed by atoms with Gasteiger partial charge in [-0.3, -0.25) is 4.68 Å². The quantitative estimate of drug-likeness (QED) is 0.826. The molecule has 0 aliphatic rings. The highest BCUT2D eigenvalue weighted by atomic mass is 35.5. The van der Waals surface area contributed by atoms with Gasteiger partial charge in [0.05, 0.1) is 16.4 Å². The minimum atomic E-state index is 0.600. The van der Waals surface area contributed by atoms with Crippen LogP contribution in [0.1, 0.15) is 39.1 Å². The Hall–Kier alpha value is -0.540. The molecule has 0 aliphatic heterocycles. The van der Waals surface area contributed by atoms with E-state index in [4.69, 9.17) is 11.6 Å². The molecule has 1 aromatic rings. The van der Waals surface area contributed by atoms with Gasteiger partial charge in [0, 0.05) is 7.05 Å². The van der Waals surface area contributed by atoms with Gasteiger partial charge in [-0.25, -0.2) is 0 Å². The van der Waals surface area contributed by atoms with Gasteiger partial charge in [-0.1, -0.05) is 39.3 Å². The Bertz CT molecular complexity index is 371. The SMILES string of the molecule is CCNCC(Cc1c(Cl)c(CC)nn1C)C(C)C. The van der Waals surface area contributed by atoms with E-state index >= 15 is 0 Å². The maximum Gasteiger partial charge on any atom is 0.0849 e. The molecule has 0 aromatic carbocycles. The Morgan fingerprint density at radius 2 is 2.00 bits per heavy atom. The summed E-state index contributed by atoms with van der Waals surface area (Å²) in [5.74, 6) is 1.24. The first-order valence-electron chi connectivity index (χ1n) is 6.92. The van der Waals surface area contributed by atoms with Crippen LogP contribution in [0.2, 0.25) is 5.02 Å². The van der Waals surface area contributed by atoms with Crippen molar-refractivity contribution < 1.29 is 0 Å². The summed E-state index contributed by atoms with van der Waals surface area (Å²) in [5.41, 5.74) is 2.19. The summed E-state index contributed by atoms with van der Waals surface area (Å²) >= 11 is 6.41. The fourth-order valence-electron chi connectivity index (χ4n) is 2.16. The number of hydrogen-bond acceptors (Lipinski definition) is 2. The number of rotatable bonds is 7. The molecule has 0 amide bonds. The summed E-state index contributed by atoms with van der Waals surface area (Å²) in [7, 11) is 1.99. The molecular weight excluding hydrogens is 246 g/mol. The molecule has 0 spiro atoms. The van der Waals surface area contributed by atoms with E-state index in [9.17, 15) is 0 Å². The fraction of sp³-hybridized carbons (Fsp3) is 0.786. The number of nitrogens with one attached hydrogen (secondary N) is 1. The molecule has 1 atom stereocenters. The number of aryl methyl sites for hydroxylation is 2. The maximum atomic E-state index is 6.41. The van der Waals surface area contributed by atoms with Crippen LogP contribution in [-0.2, 0) is 19.9 Å². The van der Waals surface area contributed by atoms with Gasteiger partial charge in [-0.2, -0.15) is 5.10 Å². The average molecular weight is 272 g/mol. The molecule has 0 saturated carbocycles. The normalized spacial score (nSPS) is 13.3. The largest absolute Gasteiger partial charge is 0.317 e. The molecule has 0 fully saturated rings. The van der Waals surface area contributed by atoms with Crippen molar-refractivity contribution in [2.75, 3.05) is 13.1 Å². The lowest BCUT2D eigenvalue weighted by Gasteiger charge is -2.21. The zero-order valence-corrected chi connectivity index (χ0v) is 13.0. The molecule has 1 aromatic heterocycles. The van der Waals surface area contributed by atoms with Crippen molar-refractivity contribution in [3.8, 4) is 0 Å². The third kappa shape index (κ3) is 3.72. The van der Waals surface area contributed by atoms with Crippen LogP contribution in [-0.4, -0.2) is 22.9 Å². The number of aromatic nitrogens is 2. The molecule has 1 heterocycles. The fourth-order valence-corrected chi connectivity index (χ4v) is 2.53. The van der Waals surface area contributed by atoms with E-state index in [0.717, 1.165) is 36.6 Å². The zero-order valence-electron chi connectivity index (χ0n) is 12.3. The van der Waals surface area contributed by atoms with Gasteiger partial charge in [0.1, 0.15) is 0 Å². The summed E-state index contributed by atoms with van der Waals surface area (Å²) in [6, 6.07) is 0. The van der Waals surface area contributed by atoms with E-state index in [-0.39, 0.29) is 0 Å². The lowest BCUT2D eigenvalue weighted by atomic mass is 9.91. The smallest absolute Gasteiger partial charge is 0.0849 e. The predicted molar refractivity (Wildman–Crippen MR) is 78.2 cm³/mol. The molecule has 1 N–H and O–H groups in total. The molecule has 0 bridgehead atoms. The molecular formula is C14H26ClN3. The minimum Gasteiger partial charge on any atom is -0.317 e. The number of nitrogens with zero attached hydrogens (tertiary/aromatic N) is 2. The zero-order chi connectivity index (χ0) is 13.7. The lowest BCUT2D eigenvalue weighted by molar-refractivity contribution is 0.356. The highest BCUT2D eigenvalue weighted by Gasteiger charge is 2.20. The Balaban J connectivity index is 2.83. The van der Waals surface area contributed by atoms with Gasteiger partial charge in [-0.15, -0.1) is 0 Å². The van der Waals surface area contributed by atoms with Crippen molar-refractivity contribution in [2.45, 2.75) is 40.5 Å². The van der Waals surface area contributed by atoms with Crippen molar-refractivity contribution in [1.29, 1.82) is 0 Å². The van der Waals surface area contributed by atoms with Crippen LogP contribution >= 0.6 is 11.6 Å². The summed E-state index contributed by atoms with van der Waals surface area (Å²) in [5, 5.41) is 8.79. The van der Waals surface area contributed by atoms with Crippen molar-refractivity contribution in [3.63, 3.8) is 0 Å². The van der Waals surface area contributed by atoms with Gasteiger partial charge in [0.15, 0.2) is 0 Å². The first-order valence-corrected chi connectivity index (χ1v) is 7.29. The second-order valence-electron chi connectivity index (χ2n) is 5.20. The first-order chi connectivity index (χ1) is 8.51. The first kappa shape index (κ1) is 15.5. The average Bonchev–Trinajstić information content (AvgIpc) is 2.60. The third-order valence-electron chi connectivity index (χ3n) is 3.56. The Kier molecular flexibility index (Phi) is 6.16. The van der Waals surface area contributed by atoms with Crippen LogP contribution in [0.5, 0.6) is 0 Å². The van der Waals surface area contributed by atoms with Crippen LogP contribution in [0.15, 0.2) is 0 Å². The van der Waals surface area contributed by atoms with Gasteiger partial charge < -0.3 is 5.32 Å². The predicted octanol–water partition coefficient (Wildman–Crippen LogP) is 3.06. The van der Waals surface area contributed by atoms with Crippen molar-refractivity contribution in [1.82, 2.24) is 15.1 Å². The van der Waals surface area contributed by atoms with Crippen molar-refractivity contribution in [2.24, 2.45) is 18.9 Å².